The highest BCUT2D eigenvalue weighted by atomic mass is 32.2. The maximum atomic E-state index is 13.7. The molecule has 2 aromatic rings. The largest absolute Gasteiger partial charge is 0.349 e. The van der Waals surface area contributed by atoms with Gasteiger partial charge in [0.2, 0.25) is 0 Å². The number of amides is 1. The topological polar surface area (TPSA) is 75.3 Å². The molecule has 2 N–H and O–H groups in total. The molecule has 0 saturated heterocycles. The number of carbonyl (C=O) groups is 1. The van der Waals surface area contributed by atoms with Gasteiger partial charge >= 0.3 is 0 Å². The molecule has 0 bridgehead atoms. The van der Waals surface area contributed by atoms with Crippen molar-refractivity contribution >= 4 is 21.6 Å². The first-order valence-corrected chi connectivity index (χ1v) is 10.5. The first kappa shape index (κ1) is 19.4. The number of para-hydroxylation sites is 1. The molecule has 3 rings (SSSR count). The number of benzene rings is 2. The van der Waals surface area contributed by atoms with E-state index in [1.165, 1.54) is 48.9 Å². The van der Waals surface area contributed by atoms with E-state index in [0.29, 0.717) is 5.92 Å². The van der Waals surface area contributed by atoms with Gasteiger partial charge in [-0.1, -0.05) is 38.0 Å². The molecule has 0 aliphatic heterocycles. The minimum Gasteiger partial charge on any atom is -0.349 e. The summed E-state index contributed by atoms with van der Waals surface area (Å²) < 4.78 is 41.1. The SMILES string of the molecule is C[C@H]1CCCC[C@@H]1NC(=O)c1cccc(S(=O)(=O)Nc2ccccc2F)c1. The van der Waals surface area contributed by atoms with Gasteiger partial charge in [0.25, 0.3) is 15.9 Å². The number of hydrogen-bond donors (Lipinski definition) is 2. The van der Waals surface area contributed by atoms with Crippen LogP contribution >= 0.6 is 0 Å². The smallest absolute Gasteiger partial charge is 0.262 e. The highest BCUT2D eigenvalue weighted by Crippen LogP contribution is 2.24. The summed E-state index contributed by atoms with van der Waals surface area (Å²) in [6.07, 6.45) is 4.25. The Hall–Kier alpha value is -2.41. The lowest BCUT2D eigenvalue weighted by Gasteiger charge is -2.29. The zero-order valence-corrected chi connectivity index (χ0v) is 15.9. The lowest BCUT2D eigenvalue weighted by Crippen LogP contribution is -2.41. The molecule has 0 heterocycles. The van der Waals surface area contributed by atoms with Crippen LogP contribution in [0.4, 0.5) is 10.1 Å². The summed E-state index contributed by atoms with van der Waals surface area (Å²) >= 11 is 0. The second-order valence-electron chi connectivity index (χ2n) is 6.95. The summed E-state index contributed by atoms with van der Waals surface area (Å²) in [6, 6.07) is 11.4. The Morgan fingerprint density at radius 2 is 1.81 bits per heavy atom. The monoisotopic (exact) mass is 390 g/mol. The van der Waals surface area contributed by atoms with E-state index in [2.05, 4.69) is 17.0 Å². The Kier molecular flexibility index (Phi) is 5.79. The highest BCUT2D eigenvalue weighted by molar-refractivity contribution is 7.92. The van der Waals surface area contributed by atoms with E-state index in [1.807, 2.05) is 0 Å². The van der Waals surface area contributed by atoms with E-state index in [-0.39, 0.29) is 28.1 Å². The third-order valence-corrected chi connectivity index (χ3v) is 6.32. The summed E-state index contributed by atoms with van der Waals surface area (Å²) in [5.41, 5.74) is 0.132. The maximum Gasteiger partial charge on any atom is 0.262 e. The van der Waals surface area contributed by atoms with Crippen LogP contribution in [0.5, 0.6) is 0 Å². The van der Waals surface area contributed by atoms with E-state index in [4.69, 9.17) is 0 Å². The van der Waals surface area contributed by atoms with Crippen LogP contribution in [0.15, 0.2) is 53.4 Å². The summed E-state index contributed by atoms with van der Waals surface area (Å²) in [5, 5.41) is 3.01. The molecule has 7 heteroatoms. The van der Waals surface area contributed by atoms with Gasteiger partial charge in [0.05, 0.1) is 10.6 Å². The van der Waals surface area contributed by atoms with E-state index in [9.17, 15) is 17.6 Å². The number of anilines is 1. The van der Waals surface area contributed by atoms with Crippen LogP contribution < -0.4 is 10.0 Å². The molecule has 1 fully saturated rings. The summed E-state index contributed by atoms with van der Waals surface area (Å²) in [4.78, 5) is 12.5. The molecule has 144 valence electrons. The van der Waals surface area contributed by atoms with Crippen LogP contribution in [0.2, 0.25) is 0 Å². The number of rotatable bonds is 5. The number of sulfonamides is 1. The Labute approximate surface area is 159 Å². The van der Waals surface area contributed by atoms with E-state index in [0.717, 1.165) is 19.3 Å². The molecule has 2 atom stereocenters. The van der Waals surface area contributed by atoms with Gasteiger partial charge in [-0.05, 0) is 49.1 Å². The van der Waals surface area contributed by atoms with Gasteiger partial charge in [0, 0.05) is 11.6 Å². The predicted octanol–water partition coefficient (Wildman–Crippen LogP) is 3.94. The van der Waals surface area contributed by atoms with Gasteiger partial charge in [-0.25, -0.2) is 12.8 Å². The van der Waals surface area contributed by atoms with Crippen molar-refractivity contribution in [2.75, 3.05) is 4.72 Å². The second kappa shape index (κ2) is 8.08. The van der Waals surface area contributed by atoms with Crippen LogP contribution in [-0.2, 0) is 10.0 Å². The molecule has 1 aliphatic carbocycles. The van der Waals surface area contributed by atoms with Crippen LogP contribution in [0, 0.1) is 11.7 Å². The predicted molar refractivity (Wildman–Crippen MR) is 103 cm³/mol. The fraction of sp³-hybridized carbons (Fsp3) is 0.350. The summed E-state index contributed by atoms with van der Waals surface area (Å²) in [7, 11) is -4.01. The average Bonchev–Trinajstić information content (AvgIpc) is 2.65. The molecule has 5 nitrogen and oxygen atoms in total. The molecule has 2 aromatic carbocycles. The standard InChI is InChI=1S/C20H23FN2O3S/c1-14-7-2-4-11-18(14)22-20(24)15-8-6-9-16(13-15)27(25,26)23-19-12-5-3-10-17(19)21/h3,5-6,8-10,12-14,18,23H,2,4,7,11H2,1H3,(H,22,24)/t14-,18-/m0/s1. The van der Waals surface area contributed by atoms with E-state index >= 15 is 0 Å². The zero-order valence-electron chi connectivity index (χ0n) is 15.1. The third kappa shape index (κ3) is 4.66. The molecule has 1 aliphatic rings. The highest BCUT2D eigenvalue weighted by Gasteiger charge is 2.24. The Morgan fingerprint density at radius 1 is 1.07 bits per heavy atom. The molecule has 1 saturated carbocycles. The molecular formula is C20H23FN2O3S. The van der Waals surface area contributed by atoms with Crippen molar-refractivity contribution in [1.29, 1.82) is 0 Å². The second-order valence-corrected chi connectivity index (χ2v) is 8.64. The average molecular weight is 390 g/mol. The Bertz CT molecular complexity index is 930. The lowest BCUT2D eigenvalue weighted by atomic mass is 9.86. The molecule has 1 amide bonds. The number of hydrogen-bond acceptors (Lipinski definition) is 3. The van der Waals surface area contributed by atoms with Crippen molar-refractivity contribution in [3.63, 3.8) is 0 Å². The first-order chi connectivity index (χ1) is 12.9. The van der Waals surface area contributed by atoms with Crippen LogP contribution in [-0.4, -0.2) is 20.4 Å². The minimum atomic E-state index is -4.01. The molecular weight excluding hydrogens is 367 g/mol. The normalized spacial score (nSPS) is 20.1. The van der Waals surface area contributed by atoms with Crippen LogP contribution in [0.3, 0.4) is 0 Å². The van der Waals surface area contributed by atoms with E-state index in [1.54, 1.807) is 6.07 Å². The maximum absolute atomic E-state index is 13.7. The Morgan fingerprint density at radius 3 is 2.56 bits per heavy atom. The summed E-state index contributed by atoms with van der Waals surface area (Å²) in [6.45, 7) is 2.11. The fourth-order valence-electron chi connectivity index (χ4n) is 3.33. The molecule has 0 radical (unpaired) electrons. The molecule has 0 unspecified atom stereocenters. The minimum absolute atomic E-state index is 0.0879. The third-order valence-electron chi connectivity index (χ3n) is 4.95. The van der Waals surface area contributed by atoms with Gasteiger partial charge in [-0.3, -0.25) is 9.52 Å². The molecule has 27 heavy (non-hydrogen) atoms. The van der Waals surface area contributed by atoms with Gasteiger partial charge < -0.3 is 5.32 Å². The van der Waals surface area contributed by atoms with Gasteiger partial charge in [0.1, 0.15) is 5.82 Å². The first-order valence-electron chi connectivity index (χ1n) is 9.05. The lowest BCUT2D eigenvalue weighted by molar-refractivity contribution is 0.0910. The van der Waals surface area contributed by atoms with Crippen molar-refractivity contribution in [3.05, 3.63) is 59.9 Å². The van der Waals surface area contributed by atoms with Crippen molar-refractivity contribution in [2.24, 2.45) is 5.92 Å². The molecule has 0 spiro atoms. The van der Waals surface area contributed by atoms with Crippen molar-refractivity contribution in [3.8, 4) is 0 Å². The van der Waals surface area contributed by atoms with Crippen molar-refractivity contribution < 1.29 is 17.6 Å². The number of halogens is 1. The van der Waals surface area contributed by atoms with Gasteiger partial charge in [0.15, 0.2) is 0 Å². The number of nitrogens with one attached hydrogen (secondary N) is 2. The van der Waals surface area contributed by atoms with Crippen molar-refractivity contribution in [2.45, 2.75) is 43.5 Å². The van der Waals surface area contributed by atoms with Gasteiger partial charge in [-0.2, -0.15) is 0 Å². The fourth-order valence-corrected chi connectivity index (χ4v) is 4.45. The molecule has 0 aromatic heterocycles. The van der Waals surface area contributed by atoms with Crippen molar-refractivity contribution in [1.82, 2.24) is 5.32 Å². The number of carbonyl (C=O) groups excluding carboxylic acids is 1. The van der Waals surface area contributed by atoms with Gasteiger partial charge in [-0.15, -0.1) is 0 Å². The van der Waals surface area contributed by atoms with Crippen LogP contribution in [0.25, 0.3) is 0 Å². The van der Waals surface area contributed by atoms with E-state index < -0.39 is 15.8 Å². The quantitative estimate of drug-likeness (QED) is 0.812. The Balaban J connectivity index is 1.78. The summed E-state index contributed by atoms with van der Waals surface area (Å²) in [5.74, 6) is -0.560. The van der Waals surface area contributed by atoms with Crippen LogP contribution in [0.1, 0.15) is 43.0 Å². The zero-order chi connectivity index (χ0) is 19.4.